The van der Waals surface area contributed by atoms with Crippen LogP contribution in [0.4, 0.5) is 5.82 Å². The summed E-state index contributed by atoms with van der Waals surface area (Å²) in [6.07, 6.45) is 6.98. The number of nitrogens with one attached hydrogen (secondary N) is 1. The molecule has 1 aliphatic heterocycles. The van der Waals surface area contributed by atoms with E-state index in [9.17, 15) is 4.79 Å². The first-order valence-corrected chi connectivity index (χ1v) is 7.01. The predicted molar refractivity (Wildman–Crippen MR) is 77.2 cm³/mol. The molecule has 4 nitrogen and oxygen atoms in total. The Morgan fingerprint density at radius 3 is 2.35 bits per heavy atom. The third kappa shape index (κ3) is 5.77. The molecule has 0 atom stereocenters. The van der Waals surface area contributed by atoms with E-state index in [4.69, 9.17) is 0 Å². The van der Waals surface area contributed by atoms with E-state index in [0.717, 1.165) is 18.9 Å². The molecule has 0 unspecified atom stereocenters. The van der Waals surface area contributed by atoms with Crippen molar-refractivity contribution in [2.75, 3.05) is 24.2 Å². The standard InChI is InChI=1S/C9H13N3O.C2H6.CH4S/c13-9-10-5-4-8(11-9)12-6-2-1-3-7-12;2*1-2/h4-5H,1-3,6-7H2,(H,10,11,13);1-2H3;2H,1H3. The lowest BCUT2D eigenvalue weighted by molar-refractivity contribution is 0.572. The highest BCUT2D eigenvalue weighted by molar-refractivity contribution is 7.79. The van der Waals surface area contributed by atoms with Crippen molar-refractivity contribution in [2.24, 2.45) is 0 Å². The summed E-state index contributed by atoms with van der Waals surface area (Å²) in [6.45, 7) is 6.08. The maximum atomic E-state index is 10.9. The van der Waals surface area contributed by atoms with Crippen LogP contribution >= 0.6 is 12.6 Å². The molecule has 1 fully saturated rings. The average Bonchev–Trinajstić information content (AvgIpc) is 2.44. The quantitative estimate of drug-likeness (QED) is 0.759. The number of aromatic nitrogens is 2. The molecule has 1 aromatic heterocycles. The molecule has 5 heteroatoms. The summed E-state index contributed by atoms with van der Waals surface area (Å²) < 4.78 is 0. The lowest BCUT2D eigenvalue weighted by Crippen LogP contribution is -2.31. The van der Waals surface area contributed by atoms with Gasteiger partial charge in [-0.1, -0.05) is 13.8 Å². The zero-order chi connectivity index (χ0) is 13.1. The normalized spacial score (nSPS) is 14.0. The Kier molecular flexibility index (Phi) is 9.62. The Labute approximate surface area is 109 Å². The molecular weight excluding hydrogens is 234 g/mol. The summed E-state index contributed by atoms with van der Waals surface area (Å²) in [6, 6.07) is 1.85. The van der Waals surface area contributed by atoms with Crippen molar-refractivity contribution in [3.63, 3.8) is 0 Å². The first kappa shape index (κ1) is 16.0. The molecule has 0 bridgehead atoms. The molecule has 98 valence electrons. The van der Waals surface area contributed by atoms with Crippen LogP contribution in [0.3, 0.4) is 0 Å². The molecule has 0 aliphatic carbocycles. The molecular formula is C12H23N3OS. The molecule has 0 amide bonds. The van der Waals surface area contributed by atoms with Gasteiger partial charge in [0, 0.05) is 19.3 Å². The lowest BCUT2D eigenvalue weighted by Gasteiger charge is -2.27. The van der Waals surface area contributed by atoms with E-state index >= 15 is 0 Å². The molecule has 1 N–H and O–H groups in total. The smallest absolute Gasteiger partial charge is 0.346 e. The molecule has 0 spiro atoms. The van der Waals surface area contributed by atoms with Crippen molar-refractivity contribution in [2.45, 2.75) is 33.1 Å². The van der Waals surface area contributed by atoms with Crippen LogP contribution in [0.5, 0.6) is 0 Å². The fraction of sp³-hybridized carbons (Fsp3) is 0.667. The third-order valence-electron chi connectivity index (χ3n) is 2.36. The maximum Gasteiger partial charge on any atom is 0.346 e. The van der Waals surface area contributed by atoms with Crippen LogP contribution in [-0.4, -0.2) is 29.3 Å². The number of thiol groups is 1. The van der Waals surface area contributed by atoms with E-state index < -0.39 is 0 Å². The van der Waals surface area contributed by atoms with Gasteiger partial charge in [0.15, 0.2) is 0 Å². The Morgan fingerprint density at radius 1 is 1.24 bits per heavy atom. The van der Waals surface area contributed by atoms with Gasteiger partial charge >= 0.3 is 5.69 Å². The first-order valence-electron chi connectivity index (χ1n) is 6.11. The topological polar surface area (TPSA) is 49.0 Å². The van der Waals surface area contributed by atoms with Gasteiger partial charge < -0.3 is 4.90 Å². The van der Waals surface area contributed by atoms with Crippen LogP contribution in [-0.2, 0) is 0 Å². The number of H-pyrrole nitrogens is 1. The minimum absolute atomic E-state index is 0.261. The molecule has 2 rings (SSSR count). The largest absolute Gasteiger partial charge is 0.358 e. The van der Waals surface area contributed by atoms with Crippen LogP contribution in [0.15, 0.2) is 17.1 Å². The summed E-state index contributed by atoms with van der Waals surface area (Å²) >= 11 is 3.53. The Hall–Kier alpha value is -0.970. The van der Waals surface area contributed by atoms with Crippen LogP contribution < -0.4 is 10.6 Å². The number of aromatic amines is 1. The summed E-state index contributed by atoms with van der Waals surface area (Å²) in [7, 11) is 0. The molecule has 17 heavy (non-hydrogen) atoms. The van der Waals surface area contributed by atoms with Crippen molar-refractivity contribution in [1.29, 1.82) is 0 Å². The first-order chi connectivity index (χ1) is 8.36. The van der Waals surface area contributed by atoms with Gasteiger partial charge in [-0.05, 0) is 31.6 Å². The third-order valence-corrected chi connectivity index (χ3v) is 2.36. The summed E-state index contributed by atoms with van der Waals surface area (Å²) in [5.74, 6) is 0.903. The van der Waals surface area contributed by atoms with Crippen LogP contribution in [0.1, 0.15) is 33.1 Å². The molecule has 1 saturated heterocycles. The van der Waals surface area contributed by atoms with Crippen LogP contribution in [0, 0.1) is 0 Å². The van der Waals surface area contributed by atoms with Crippen molar-refractivity contribution >= 4 is 18.4 Å². The van der Waals surface area contributed by atoms with Gasteiger partial charge in [0.05, 0.1) is 0 Å². The summed E-state index contributed by atoms with van der Waals surface area (Å²) in [5.41, 5.74) is -0.261. The van der Waals surface area contributed by atoms with Gasteiger partial charge in [0.25, 0.3) is 0 Å². The number of hydrogen-bond acceptors (Lipinski definition) is 4. The minimum Gasteiger partial charge on any atom is -0.358 e. The van der Waals surface area contributed by atoms with Gasteiger partial charge in [-0.3, -0.25) is 4.98 Å². The summed E-state index contributed by atoms with van der Waals surface area (Å²) in [4.78, 5) is 19.5. The van der Waals surface area contributed by atoms with Crippen molar-refractivity contribution < 1.29 is 0 Å². The van der Waals surface area contributed by atoms with Gasteiger partial charge in [-0.15, -0.1) is 0 Å². The molecule has 0 saturated carbocycles. The molecule has 1 aliphatic rings. The molecule has 2 heterocycles. The second-order valence-corrected chi connectivity index (χ2v) is 3.31. The Balaban J connectivity index is 0.000000581. The van der Waals surface area contributed by atoms with Crippen molar-refractivity contribution in [3.05, 3.63) is 22.7 Å². The van der Waals surface area contributed by atoms with E-state index in [1.165, 1.54) is 19.3 Å². The number of nitrogens with zero attached hydrogens (tertiary/aromatic N) is 2. The fourth-order valence-corrected chi connectivity index (χ4v) is 1.68. The van der Waals surface area contributed by atoms with Crippen LogP contribution in [0.2, 0.25) is 0 Å². The number of anilines is 1. The Morgan fingerprint density at radius 2 is 1.82 bits per heavy atom. The van der Waals surface area contributed by atoms with Gasteiger partial charge in [-0.25, -0.2) is 9.78 Å². The highest BCUT2D eigenvalue weighted by atomic mass is 32.1. The average molecular weight is 257 g/mol. The SMILES string of the molecule is CC.CS.O=c1nccc(N2CCCCC2)[nH]1. The van der Waals surface area contributed by atoms with E-state index in [0.29, 0.717) is 0 Å². The van der Waals surface area contributed by atoms with Crippen LogP contribution in [0.25, 0.3) is 0 Å². The molecule has 1 aromatic rings. The zero-order valence-electron chi connectivity index (χ0n) is 10.9. The second-order valence-electron chi connectivity index (χ2n) is 3.31. The summed E-state index contributed by atoms with van der Waals surface area (Å²) in [5, 5.41) is 0. The predicted octanol–water partition coefficient (Wildman–Crippen LogP) is 2.33. The van der Waals surface area contributed by atoms with Crippen molar-refractivity contribution in [1.82, 2.24) is 9.97 Å². The lowest BCUT2D eigenvalue weighted by atomic mass is 10.1. The highest BCUT2D eigenvalue weighted by Crippen LogP contribution is 2.14. The van der Waals surface area contributed by atoms with E-state index in [2.05, 4.69) is 27.5 Å². The van der Waals surface area contributed by atoms with Gasteiger partial charge in [-0.2, -0.15) is 12.6 Å². The monoisotopic (exact) mass is 257 g/mol. The van der Waals surface area contributed by atoms with Crippen molar-refractivity contribution in [3.8, 4) is 0 Å². The zero-order valence-corrected chi connectivity index (χ0v) is 11.8. The van der Waals surface area contributed by atoms with Gasteiger partial charge in [0.1, 0.15) is 5.82 Å². The minimum atomic E-state index is -0.261. The number of rotatable bonds is 1. The highest BCUT2D eigenvalue weighted by Gasteiger charge is 2.10. The Bertz CT molecular complexity index is 335. The van der Waals surface area contributed by atoms with Gasteiger partial charge in [0.2, 0.25) is 0 Å². The second kappa shape index (κ2) is 10.2. The molecule has 0 aromatic carbocycles. The van der Waals surface area contributed by atoms with E-state index in [-0.39, 0.29) is 5.69 Å². The van der Waals surface area contributed by atoms with E-state index in [1.54, 1.807) is 12.5 Å². The number of piperidine rings is 1. The maximum absolute atomic E-state index is 10.9. The molecule has 0 radical (unpaired) electrons. The van der Waals surface area contributed by atoms with E-state index in [1.807, 2.05) is 19.9 Å². The number of hydrogen-bond donors (Lipinski definition) is 2. The fourth-order valence-electron chi connectivity index (χ4n) is 1.68.